The third-order valence-corrected chi connectivity index (χ3v) is 9.31. The number of hydrogen-bond donors (Lipinski definition) is 2. The number of thiophene rings is 1. The fourth-order valence-electron chi connectivity index (χ4n) is 4.24. The third-order valence-electron chi connectivity index (χ3n) is 6.20. The number of morpholine rings is 1. The highest BCUT2D eigenvalue weighted by Gasteiger charge is 2.63. The molecule has 2 aliphatic rings. The highest BCUT2D eigenvalue weighted by molar-refractivity contribution is 7.91. The molecule has 1 saturated heterocycles. The Hall–Kier alpha value is -2.94. The van der Waals surface area contributed by atoms with Gasteiger partial charge < -0.3 is 19.3 Å². The number of aromatic nitrogens is 1. The number of halogens is 3. The van der Waals surface area contributed by atoms with Gasteiger partial charge in [-0.25, -0.2) is 8.42 Å². The van der Waals surface area contributed by atoms with Crippen LogP contribution < -0.4 is 9.62 Å². The molecule has 1 saturated carbocycles. The second-order valence-corrected chi connectivity index (χ2v) is 11.5. The van der Waals surface area contributed by atoms with Crippen molar-refractivity contribution in [3.05, 3.63) is 53.8 Å². The lowest BCUT2D eigenvalue weighted by molar-refractivity contribution is -0.155. The topological polar surface area (TPSA) is 122 Å². The zero-order chi connectivity index (χ0) is 25.7. The van der Waals surface area contributed by atoms with Crippen LogP contribution in [0.2, 0.25) is 0 Å². The molecular weight excluding hydrogens is 523 g/mol. The molecule has 0 spiro atoms. The van der Waals surface area contributed by atoms with Crippen molar-refractivity contribution in [3.63, 3.8) is 0 Å². The lowest BCUT2D eigenvalue weighted by Gasteiger charge is -2.29. The van der Waals surface area contributed by atoms with Gasteiger partial charge in [-0.3, -0.25) is 4.79 Å². The predicted octanol–water partition coefficient (Wildman–Crippen LogP) is 3.55. The Morgan fingerprint density at radius 1 is 1.19 bits per heavy atom. The number of anilines is 1. The first-order valence-corrected chi connectivity index (χ1v) is 13.1. The van der Waals surface area contributed by atoms with E-state index in [0.29, 0.717) is 49.3 Å². The Morgan fingerprint density at radius 2 is 1.94 bits per heavy atom. The van der Waals surface area contributed by atoms with Crippen LogP contribution in [0, 0.1) is 0 Å². The molecule has 0 radical (unpaired) electrons. The summed E-state index contributed by atoms with van der Waals surface area (Å²) in [6.45, 7) is 2.56. The molecule has 3 heterocycles. The quantitative estimate of drug-likeness (QED) is 0.464. The first-order chi connectivity index (χ1) is 17.0. The van der Waals surface area contributed by atoms with Crippen LogP contribution >= 0.6 is 11.3 Å². The number of ether oxygens (including phenoxy) is 1. The van der Waals surface area contributed by atoms with E-state index in [4.69, 9.17) is 4.74 Å². The zero-order valence-electron chi connectivity index (χ0n) is 18.5. The van der Waals surface area contributed by atoms with E-state index in [9.17, 15) is 31.5 Å². The molecule has 2 aromatic heterocycles. The van der Waals surface area contributed by atoms with Crippen LogP contribution in [-0.2, 0) is 25.7 Å². The van der Waals surface area contributed by atoms with E-state index in [1.807, 2.05) is 12.1 Å². The molecule has 5 rings (SSSR count). The lowest BCUT2D eigenvalue weighted by Crippen LogP contribution is -2.44. The molecule has 192 valence electrons. The number of carboxylic acid groups (broad SMARTS) is 1. The Labute approximate surface area is 207 Å². The van der Waals surface area contributed by atoms with Gasteiger partial charge >= 0.3 is 12.1 Å². The van der Waals surface area contributed by atoms with Crippen molar-refractivity contribution in [1.82, 2.24) is 9.88 Å². The van der Waals surface area contributed by atoms with Gasteiger partial charge in [0.25, 0.3) is 10.0 Å². The number of aliphatic carboxylic acids is 1. The number of benzene rings is 1. The summed E-state index contributed by atoms with van der Waals surface area (Å²) < 4.78 is 76.3. The van der Waals surface area contributed by atoms with E-state index in [-0.39, 0.29) is 21.2 Å². The molecule has 1 aliphatic carbocycles. The van der Waals surface area contributed by atoms with Crippen molar-refractivity contribution >= 4 is 33.0 Å². The number of alkyl halides is 3. The molecule has 2 N–H and O–H groups in total. The molecule has 14 heteroatoms. The summed E-state index contributed by atoms with van der Waals surface area (Å²) in [6, 6.07) is 10.5. The number of nitrogens with zero attached hydrogens (tertiary/aromatic N) is 2. The van der Waals surface area contributed by atoms with Crippen LogP contribution in [0.5, 0.6) is 0 Å². The second-order valence-electron chi connectivity index (χ2n) is 8.53. The van der Waals surface area contributed by atoms with E-state index < -0.39 is 39.4 Å². The first kappa shape index (κ1) is 24.7. The van der Waals surface area contributed by atoms with E-state index in [0.717, 1.165) is 5.69 Å². The molecule has 0 amide bonds. The summed E-state index contributed by atoms with van der Waals surface area (Å²) in [6.07, 6.45) is -4.67. The Morgan fingerprint density at radius 3 is 2.61 bits per heavy atom. The molecule has 9 nitrogen and oxygen atoms in total. The number of rotatable bonds is 7. The smallest absolute Gasteiger partial charge is 0.452 e. The van der Waals surface area contributed by atoms with Crippen LogP contribution in [0.15, 0.2) is 51.2 Å². The van der Waals surface area contributed by atoms with Crippen LogP contribution in [0.3, 0.4) is 0 Å². The average Bonchev–Trinajstić information content (AvgIpc) is 3.20. The molecule has 1 aliphatic heterocycles. The minimum Gasteiger partial charge on any atom is -0.480 e. The van der Waals surface area contributed by atoms with Crippen LogP contribution in [0.25, 0.3) is 10.6 Å². The molecule has 2 fully saturated rings. The van der Waals surface area contributed by atoms with Crippen LogP contribution in [0.4, 0.5) is 18.9 Å². The van der Waals surface area contributed by atoms with Crippen LogP contribution in [-0.4, -0.2) is 56.5 Å². The monoisotopic (exact) mass is 543 g/mol. The fourth-order valence-corrected chi connectivity index (χ4v) is 6.90. The van der Waals surface area contributed by atoms with Crippen molar-refractivity contribution in [2.24, 2.45) is 0 Å². The van der Waals surface area contributed by atoms with Gasteiger partial charge in [0.2, 0.25) is 5.76 Å². The number of sulfonamides is 1. The van der Waals surface area contributed by atoms with Gasteiger partial charge in [0, 0.05) is 30.8 Å². The largest absolute Gasteiger partial charge is 0.480 e. The van der Waals surface area contributed by atoms with E-state index in [2.05, 4.69) is 19.3 Å². The Bertz CT molecular complexity index is 1400. The van der Waals surface area contributed by atoms with Gasteiger partial charge in [0.15, 0.2) is 0 Å². The SMILES string of the molecule is O=C(O)[C@@]1(NS(=O)(=O)c2ccc(-c3cc(C(F)(F)F)on3)s2)C[C@H]1c1cccc(N2CCOCC2)c1. The fraction of sp³-hybridized carbons (Fsp3) is 0.364. The van der Waals surface area contributed by atoms with Crippen molar-refractivity contribution in [2.75, 3.05) is 31.2 Å². The van der Waals surface area contributed by atoms with Gasteiger partial charge in [0.1, 0.15) is 15.4 Å². The van der Waals surface area contributed by atoms with Crippen molar-refractivity contribution in [3.8, 4) is 10.6 Å². The van der Waals surface area contributed by atoms with Gasteiger partial charge in [-0.2, -0.15) is 17.9 Å². The third kappa shape index (κ3) is 4.61. The summed E-state index contributed by atoms with van der Waals surface area (Å²) in [5, 5.41) is 13.3. The molecule has 0 bridgehead atoms. The van der Waals surface area contributed by atoms with Gasteiger partial charge in [-0.05, 0) is 36.2 Å². The molecule has 0 unspecified atom stereocenters. The maximum absolute atomic E-state index is 13.1. The highest BCUT2D eigenvalue weighted by atomic mass is 32.2. The molecular formula is C22H20F3N3O6S2. The van der Waals surface area contributed by atoms with Crippen molar-refractivity contribution < 1.29 is 40.8 Å². The normalized spacial score (nSPS) is 22.5. The highest BCUT2D eigenvalue weighted by Crippen LogP contribution is 2.53. The summed E-state index contributed by atoms with van der Waals surface area (Å²) in [5.41, 5.74) is -0.313. The summed E-state index contributed by atoms with van der Waals surface area (Å²) in [5.74, 6) is -3.20. The summed E-state index contributed by atoms with van der Waals surface area (Å²) in [4.78, 5) is 14.5. The Balaban J connectivity index is 1.36. The molecule has 36 heavy (non-hydrogen) atoms. The standard InChI is InChI=1S/C22H20F3N3O6S2/c23-22(24,25)18-11-16(26-34-18)17-4-5-19(35-17)36(31,32)27-21(20(29)30)12-15(21)13-2-1-3-14(10-13)28-6-8-33-9-7-28/h1-5,10-11,15,27H,6-9,12H2,(H,29,30)/t15-,21+/m0/s1. The molecule has 1 aromatic carbocycles. The number of nitrogens with one attached hydrogen (secondary N) is 1. The van der Waals surface area contributed by atoms with Crippen molar-refractivity contribution in [1.29, 1.82) is 0 Å². The minimum absolute atomic E-state index is 0.0601. The lowest BCUT2D eigenvalue weighted by atomic mass is 10.1. The minimum atomic E-state index is -4.73. The molecule has 3 aromatic rings. The van der Waals surface area contributed by atoms with Crippen LogP contribution in [0.1, 0.15) is 23.7 Å². The molecule has 2 atom stereocenters. The predicted molar refractivity (Wildman–Crippen MR) is 122 cm³/mol. The summed E-state index contributed by atoms with van der Waals surface area (Å²) >= 11 is 0.664. The second kappa shape index (κ2) is 8.87. The Kier molecular flexibility index (Phi) is 6.09. The number of carboxylic acids is 1. The number of carbonyl (C=O) groups is 1. The van der Waals surface area contributed by atoms with Crippen molar-refractivity contribution in [2.45, 2.75) is 28.3 Å². The zero-order valence-corrected chi connectivity index (χ0v) is 20.1. The van der Waals surface area contributed by atoms with Gasteiger partial charge in [0.05, 0.1) is 18.1 Å². The maximum atomic E-state index is 13.1. The summed E-state index contributed by atoms with van der Waals surface area (Å²) in [7, 11) is -4.30. The number of hydrogen-bond acceptors (Lipinski definition) is 8. The van der Waals surface area contributed by atoms with E-state index in [1.54, 1.807) is 12.1 Å². The van der Waals surface area contributed by atoms with Gasteiger partial charge in [-0.1, -0.05) is 17.3 Å². The van der Waals surface area contributed by atoms with Gasteiger partial charge in [-0.15, -0.1) is 11.3 Å². The van der Waals surface area contributed by atoms with E-state index >= 15 is 0 Å². The average molecular weight is 544 g/mol. The van der Waals surface area contributed by atoms with E-state index in [1.165, 1.54) is 12.1 Å². The first-order valence-electron chi connectivity index (χ1n) is 10.8. The maximum Gasteiger partial charge on any atom is 0.452 e.